The summed E-state index contributed by atoms with van der Waals surface area (Å²) in [6.45, 7) is 0. The number of amidine groups is 1. The summed E-state index contributed by atoms with van der Waals surface area (Å²) < 4.78 is 4.83. The first-order valence-corrected chi connectivity index (χ1v) is 6.93. The lowest BCUT2D eigenvalue weighted by Crippen LogP contribution is -2.22. The number of ether oxygens (including phenoxy) is 1. The van der Waals surface area contributed by atoms with Crippen molar-refractivity contribution in [3.05, 3.63) is 54.1 Å². The van der Waals surface area contributed by atoms with E-state index in [-0.39, 0.29) is 5.71 Å². The SMILES string of the molecule is COC(=O)c1cccc(N/N=C(\C#N)C(=N)N)c1-c1ccccc1. The maximum absolute atomic E-state index is 12.1. The zero-order chi connectivity index (χ0) is 17.5. The standard InChI is InChI=1S/C17H15N5O2/c1-24-17(23)12-8-5-9-13(21-22-14(10-18)16(19)20)15(12)11-6-3-2-4-7-11/h2-9,21H,1H3,(H3,19,20)/b22-14+. The van der Waals surface area contributed by atoms with Crippen molar-refractivity contribution in [2.45, 2.75) is 0 Å². The molecule has 7 heteroatoms. The number of nitrogens with two attached hydrogens (primary N) is 1. The third-order valence-corrected chi connectivity index (χ3v) is 3.18. The van der Waals surface area contributed by atoms with Gasteiger partial charge in [0.2, 0.25) is 5.71 Å². The third-order valence-electron chi connectivity index (χ3n) is 3.18. The lowest BCUT2D eigenvalue weighted by atomic mass is 9.98. The van der Waals surface area contributed by atoms with Crippen molar-refractivity contribution < 1.29 is 9.53 Å². The Kier molecular flexibility index (Phi) is 5.26. The molecular formula is C17H15N5O2. The zero-order valence-corrected chi connectivity index (χ0v) is 12.9. The molecule has 0 heterocycles. The van der Waals surface area contributed by atoms with Crippen molar-refractivity contribution in [1.82, 2.24) is 0 Å². The summed E-state index contributed by atoms with van der Waals surface area (Å²) in [5, 5.41) is 20.0. The summed E-state index contributed by atoms with van der Waals surface area (Å²) in [6, 6.07) is 15.9. The van der Waals surface area contributed by atoms with E-state index in [0.717, 1.165) is 5.56 Å². The Bertz CT molecular complexity index is 838. The highest BCUT2D eigenvalue weighted by molar-refractivity contribution is 6.45. The summed E-state index contributed by atoms with van der Waals surface area (Å²) in [5.41, 5.74) is 9.91. The van der Waals surface area contributed by atoms with Gasteiger partial charge >= 0.3 is 5.97 Å². The van der Waals surface area contributed by atoms with Gasteiger partial charge in [0.15, 0.2) is 5.84 Å². The lowest BCUT2D eigenvalue weighted by Gasteiger charge is -2.13. The smallest absolute Gasteiger partial charge is 0.338 e. The Balaban J connectivity index is 2.58. The molecule has 0 atom stereocenters. The van der Waals surface area contributed by atoms with E-state index >= 15 is 0 Å². The number of esters is 1. The van der Waals surface area contributed by atoms with E-state index in [2.05, 4.69) is 10.5 Å². The van der Waals surface area contributed by atoms with E-state index < -0.39 is 11.8 Å². The Morgan fingerprint density at radius 2 is 1.96 bits per heavy atom. The molecule has 2 aromatic rings. The van der Waals surface area contributed by atoms with E-state index in [1.165, 1.54) is 7.11 Å². The Morgan fingerprint density at radius 3 is 2.54 bits per heavy atom. The van der Waals surface area contributed by atoms with Crippen molar-refractivity contribution in [2.75, 3.05) is 12.5 Å². The van der Waals surface area contributed by atoms with Crippen LogP contribution < -0.4 is 11.2 Å². The number of carbonyl (C=O) groups excluding carboxylic acids is 1. The molecule has 0 amide bonds. The molecule has 2 aromatic carbocycles. The fraction of sp³-hybridized carbons (Fsp3) is 0.0588. The van der Waals surface area contributed by atoms with E-state index in [4.69, 9.17) is 21.1 Å². The molecule has 2 rings (SSSR count). The predicted molar refractivity (Wildman–Crippen MR) is 91.8 cm³/mol. The average molecular weight is 321 g/mol. The zero-order valence-electron chi connectivity index (χ0n) is 12.9. The number of methoxy groups -OCH3 is 1. The number of hydrogen-bond acceptors (Lipinski definition) is 6. The van der Waals surface area contributed by atoms with Crippen LogP contribution in [0.3, 0.4) is 0 Å². The highest BCUT2D eigenvalue weighted by atomic mass is 16.5. The van der Waals surface area contributed by atoms with Crippen LogP contribution in [0.1, 0.15) is 10.4 Å². The van der Waals surface area contributed by atoms with Crippen LogP contribution in [0.15, 0.2) is 53.6 Å². The molecule has 0 bridgehead atoms. The van der Waals surface area contributed by atoms with Crippen molar-refractivity contribution >= 4 is 23.2 Å². The average Bonchev–Trinajstić information content (AvgIpc) is 2.61. The van der Waals surface area contributed by atoms with Crippen LogP contribution in [0.5, 0.6) is 0 Å². The van der Waals surface area contributed by atoms with Gasteiger partial charge in [-0.1, -0.05) is 36.4 Å². The van der Waals surface area contributed by atoms with Gasteiger partial charge in [0, 0.05) is 5.56 Å². The van der Waals surface area contributed by atoms with Gasteiger partial charge in [0.1, 0.15) is 6.07 Å². The fourth-order valence-electron chi connectivity index (χ4n) is 2.10. The molecule has 0 radical (unpaired) electrons. The minimum absolute atomic E-state index is 0.252. The predicted octanol–water partition coefficient (Wildman–Crippen LogP) is 2.37. The second kappa shape index (κ2) is 7.56. The van der Waals surface area contributed by atoms with Crippen LogP contribution in [0, 0.1) is 16.7 Å². The number of nitrogens with zero attached hydrogens (tertiary/aromatic N) is 2. The van der Waals surface area contributed by atoms with Crippen LogP contribution in [-0.2, 0) is 4.74 Å². The number of anilines is 1. The molecular weight excluding hydrogens is 306 g/mol. The second-order valence-electron chi connectivity index (χ2n) is 4.68. The molecule has 0 aliphatic carbocycles. The van der Waals surface area contributed by atoms with Gasteiger partial charge < -0.3 is 10.5 Å². The molecule has 0 aliphatic rings. The Hall–Kier alpha value is -3.66. The molecule has 0 fully saturated rings. The summed E-state index contributed by atoms with van der Waals surface area (Å²) in [6.07, 6.45) is 0. The molecule has 0 unspecified atom stereocenters. The van der Waals surface area contributed by atoms with Gasteiger partial charge in [0.25, 0.3) is 0 Å². The van der Waals surface area contributed by atoms with Crippen LogP contribution in [0.2, 0.25) is 0 Å². The largest absolute Gasteiger partial charge is 0.465 e. The van der Waals surface area contributed by atoms with Crippen molar-refractivity contribution in [3.63, 3.8) is 0 Å². The summed E-state index contributed by atoms with van der Waals surface area (Å²) >= 11 is 0. The molecule has 0 spiro atoms. The molecule has 4 N–H and O–H groups in total. The normalized spacial score (nSPS) is 10.6. The van der Waals surface area contributed by atoms with Gasteiger partial charge in [-0.25, -0.2) is 4.79 Å². The van der Waals surface area contributed by atoms with E-state index in [1.54, 1.807) is 24.3 Å². The van der Waals surface area contributed by atoms with Crippen molar-refractivity contribution in [1.29, 1.82) is 10.7 Å². The maximum atomic E-state index is 12.1. The number of hydrogen-bond donors (Lipinski definition) is 3. The van der Waals surface area contributed by atoms with E-state index in [9.17, 15) is 4.79 Å². The minimum atomic E-state index is -0.492. The second-order valence-corrected chi connectivity index (χ2v) is 4.68. The molecule has 24 heavy (non-hydrogen) atoms. The highest BCUT2D eigenvalue weighted by Crippen LogP contribution is 2.32. The number of carbonyl (C=O) groups is 1. The molecule has 0 aromatic heterocycles. The monoisotopic (exact) mass is 321 g/mol. The van der Waals surface area contributed by atoms with E-state index in [1.807, 2.05) is 30.3 Å². The van der Waals surface area contributed by atoms with Crippen LogP contribution >= 0.6 is 0 Å². The Morgan fingerprint density at radius 1 is 1.25 bits per heavy atom. The van der Waals surface area contributed by atoms with Crippen molar-refractivity contribution in [2.24, 2.45) is 10.8 Å². The topological polar surface area (TPSA) is 124 Å². The summed E-state index contributed by atoms with van der Waals surface area (Å²) in [7, 11) is 1.30. The quantitative estimate of drug-likeness (QED) is 0.337. The van der Waals surface area contributed by atoms with Gasteiger partial charge in [-0.3, -0.25) is 10.8 Å². The van der Waals surface area contributed by atoms with Crippen LogP contribution in [0.4, 0.5) is 5.69 Å². The summed E-state index contributed by atoms with van der Waals surface area (Å²) in [5.74, 6) is -0.941. The van der Waals surface area contributed by atoms with Crippen molar-refractivity contribution in [3.8, 4) is 17.2 Å². The first-order valence-electron chi connectivity index (χ1n) is 6.93. The van der Waals surface area contributed by atoms with E-state index in [0.29, 0.717) is 16.8 Å². The number of rotatable bonds is 5. The lowest BCUT2D eigenvalue weighted by molar-refractivity contribution is 0.0601. The Labute approximate surface area is 138 Å². The minimum Gasteiger partial charge on any atom is -0.465 e. The highest BCUT2D eigenvalue weighted by Gasteiger charge is 2.17. The number of hydrazone groups is 1. The first-order chi connectivity index (χ1) is 11.6. The molecule has 120 valence electrons. The maximum Gasteiger partial charge on any atom is 0.338 e. The van der Waals surface area contributed by atoms with Gasteiger partial charge in [-0.05, 0) is 17.7 Å². The third kappa shape index (κ3) is 3.56. The number of nitrogens with one attached hydrogen (secondary N) is 2. The molecule has 7 nitrogen and oxygen atoms in total. The molecule has 0 saturated heterocycles. The van der Waals surface area contributed by atoms with Crippen LogP contribution in [-0.4, -0.2) is 24.6 Å². The molecule has 0 saturated carbocycles. The van der Waals surface area contributed by atoms with Gasteiger partial charge in [0.05, 0.1) is 18.4 Å². The molecule has 0 aliphatic heterocycles. The first kappa shape index (κ1) is 16.7. The van der Waals surface area contributed by atoms with Gasteiger partial charge in [-0.15, -0.1) is 0 Å². The van der Waals surface area contributed by atoms with Gasteiger partial charge in [-0.2, -0.15) is 10.4 Å². The number of benzene rings is 2. The summed E-state index contributed by atoms with van der Waals surface area (Å²) in [4.78, 5) is 12.1. The van der Waals surface area contributed by atoms with Crippen LogP contribution in [0.25, 0.3) is 11.1 Å². The fourth-order valence-corrected chi connectivity index (χ4v) is 2.10. The number of nitriles is 1.